The second kappa shape index (κ2) is 5.48. The average Bonchev–Trinajstić information content (AvgIpc) is 3.14. The van der Waals surface area contributed by atoms with Crippen LogP contribution in [-0.4, -0.2) is 83.3 Å². The van der Waals surface area contributed by atoms with Crippen LogP contribution in [0.2, 0.25) is 0 Å². The van der Waals surface area contributed by atoms with Gasteiger partial charge < -0.3 is 19.7 Å². The number of hydrogen-bond acceptors (Lipinski definition) is 4. The molecule has 0 aliphatic carbocycles. The van der Waals surface area contributed by atoms with Crippen LogP contribution in [0, 0.1) is 11.8 Å². The number of aromatic amines is 1. The molecule has 7 heteroatoms. The van der Waals surface area contributed by atoms with Crippen LogP contribution in [0.3, 0.4) is 0 Å². The maximum Gasteiger partial charge on any atom is 0.271 e. The van der Waals surface area contributed by atoms with E-state index in [1.54, 1.807) is 4.90 Å². The number of fused-ring (bicyclic) bond motifs is 1. The molecule has 0 saturated carbocycles. The van der Waals surface area contributed by atoms with Gasteiger partial charge in [-0.2, -0.15) is 0 Å². The minimum atomic E-state index is -0.0606. The minimum Gasteiger partial charge on any atom is -0.341 e. The van der Waals surface area contributed by atoms with Gasteiger partial charge in [-0.1, -0.05) is 0 Å². The predicted molar refractivity (Wildman–Crippen MR) is 76.6 cm³/mol. The van der Waals surface area contributed by atoms with Gasteiger partial charge in [0.2, 0.25) is 5.91 Å². The zero-order valence-electron chi connectivity index (χ0n) is 12.5. The second-order valence-electron chi connectivity index (χ2n) is 6.13. The molecule has 2 saturated heterocycles. The predicted octanol–water partition coefficient (Wildman–Crippen LogP) is -0.498. The van der Waals surface area contributed by atoms with Gasteiger partial charge in [-0.15, -0.1) is 0 Å². The Bertz CT molecular complexity index is 527. The zero-order chi connectivity index (χ0) is 15.0. The number of amides is 2. The van der Waals surface area contributed by atoms with Gasteiger partial charge in [0.15, 0.2) is 0 Å². The molecule has 7 nitrogen and oxygen atoms in total. The lowest BCUT2D eigenvalue weighted by Crippen LogP contribution is -2.38. The zero-order valence-corrected chi connectivity index (χ0v) is 12.5. The molecule has 2 aliphatic rings. The molecule has 1 aromatic rings. The molecule has 0 aromatic carbocycles. The summed E-state index contributed by atoms with van der Waals surface area (Å²) >= 11 is 0. The number of carbonyl (C=O) groups is 2. The number of nitrogens with one attached hydrogen (secondary N) is 1. The Morgan fingerprint density at radius 2 is 2.24 bits per heavy atom. The van der Waals surface area contributed by atoms with Gasteiger partial charge in [-0.3, -0.25) is 9.59 Å². The topological polar surface area (TPSA) is 72.5 Å². The summed E-state index contributed by atoms with van der Waals surface area (Å²) in [5.74, 6) is 0.377. The van der Waals surface area contributed by atoms with Gasteiger partial charge in [0.1, 0.15) is 5.69 Å². The van der Waals surface area contributed by atoms with Gasteiger partial charge in [-0.25, -0.2) is 4.98 Å². The summed E-state index contributed by atoms with van der Waals surface area (Å²) in [5.41, 5.74) is 0.492. The van der Waals surface area contributed by atoms with E-state index in [9.17, 15) is 9.59 Å². The summed E-state index contributed by atoms with van der Waals surface area (Å²) in [6, 6.07) is 0. The lowest BCUT2D eigenvalue weighted by Gasteiger charge is -2.22. The van der Waals surface area contributed by atoms with Crippen LogP contribution >= 0.6 is 0 Å². The molecule has 21 heavy (non-hydrogen) atoms. The summed E-state index contributed by atoms with van der Waals surface area (Å²) < 4.78 is 0. The molecular weight excluding hydrogens is 270 g/mol. The molecule has 0 radical (unpaired) electrons. The fourth-order valence-electron chi connectivity index (χ4n) is 3.17. The van der Waals surface area contributed by atoms with Crippen molar-refractivity contribution in [3.63, 3.8) is 0 Å². The Labute approximate surface area is 123 Å². The normalized spacial score (nSPS) is 25.0. The highest BCUT2D eigenvalue weighted by Crippen LogP contribution is 2.32. The van der Waals surface area contributed by atoms with Gasteiger partial charge >= 0.3 is 0 Å². The summed E-state index contributed by atoms with van der Waals surface area (Å²) in [4.78, 5) is 37.2. The SMILES string of the molecule is CN(C)CCN1C[C@@H]2CN(C(=O)c3cnc[nH]3)C[C@H]2C1=O. The molecule has 2 amide bonds. The van der Waals surface area contributed by atoms with Gasteiger partial charge in [0.25, 0.3) is 5.91 Å². The number of carbonyl (C=O) groups excluding carboxylic acids is 2. The van der Waals surface area contributed by atoms with E-state index in [-0.39, 0.29) is 23.7 Å². The van der Waals surface area contributed by atoms with E-state index >= 15 is 0 Å². The second-order valence-corrected chi connectivity index (χ2v) is 6.13. The monoisotopic (exact) mass is 291 g/mol. The van der Waals surface area contributed by atoms with E-state index in [2.05, 4.69) is 14.9 Å². The minimum absolute atomic E-state index is 0.0287. The molecule has 1 aromatic heterocycles. The van der Waals surface area contributed by atoms with Crippen LogP contribution in [0.25, 0.3) is 0 Å². The lowest BCUT2D eigenvalue weighted by molar-refractivity contribution is -0.131. The summed E-state index contributed by atoms with van der Waals surface area (Å²) in [6.07, 6.45) is 3.03. The highest BCUT2D eigenvalue weighted by Gasteiger charge is 2.47. The molecule has 3 heterocycles. The molecule has 2 aliphatic heterocycles. The van der Waals surface area contributed by atoms with Crippen molar-refractivity contribution in [2.24, 2.45) is 11.8 Å². The Hall–Kier alpha value is -1.89. The Morgan fingerprint density at radius 3 is 2.86 bits per heavy atom. The Balaban J connectivity index is 1.60. The van der Waals surface area contributed by atoms with E-state index in [4.69, 9.17) is 0 Å². The Kier molecular flexibility index (Phi) is 3.67. The van der Waals surface area contributed by atoms with Crippen LogP contribution in [0.5, 0.6) is 0 Å². The molecule has 114 valence electrons. The number of nitrogens with zero attached hydrogens (tertiary/aromatic N) is 4. The summed E-state index contributed by atoms with van der Waals surface area (Å²) in [5, 5.41) is 0. The first-order valence-electron chi connectivity index (χ1n) is 7.27. The average molecular weight is 291 g/mol. The molecule has 2 atom stereocenters. The van der Waals surface area contributed by atoms with Crippen molar-refractivity contribution in [2.75, 3.05) is 46.8 Å². The lowest BCUT2D eigenvalue weighted by atomic mass is 10.0. The quantitative estimate of drug-likeness (QED) is 0.812. The van der Waals surface area contributed by atoms with E-state index in [1.807, 2.05) is 19.0 Å². The van der Waals surface area contributed by atoms with E-state index in [1.165, 1.54) is 12.5 Å². The number of rotatable bonds is 4. The molecule has 0 unspecified atom stereocenters. The van der Waals surface area contributed by atoms with Gasteiger partial charge in [0.05, 0.1) is 18.4 Å². The molecule has 3 rings (SSSR count). The largest absolute Gasteiger partial charge is 0.341 e. The van der Waals surface area contributed by atoms with Crippen molar-refractivity contribution in [1.29, 1.82) is 0 Å². The maximum atomic E-state index is 12.4. The number of hydrogen-bond donors (Lipinski definition) is 1. The third kappa shape index (κ3) is 2.65. The third-order valence-electron chi connectivity index (χ3n) is 4.36. The number of aromatic nitrogens is 2. The number of imidazole rings is 1. The van der Waals surface area contributed by atoms with Crippen molar-refractivity contribution in [1.82, 2.24) is 24.7 Å². The van der Waals surface area contributed by atoms with Crippen LogP contribution < -0.4 is 0 Å². The standard InChI is InChI=1S/C14H21N5O2/c1-17(2)3-4-18-6-10-7-19(8-11(10)13(18)20)14(21)12-5-15-9-16-12/h5,9-11H,3-4,6-8H2,1-2H3,(H,15,16)/t10-,11-/m1/s1. The van der Waals surface area contributed by atoms with E-state index < -0.39 is 0 Å². The van der Waals surface area contributed by atoms with Crippen LogP contribution in [0.4, 0.5) is 0 Å². The molecule has 0 bridgehead atoms. The first-order valence-corrected chi connectivity index (χ1v) is 7.27. The van der Waals surface area contributed by atoms with Crippen LogP contribution in [0.1, 0.15) is 10.5 Å². The highest BCUT2D eigenvalue weighted by atomic mass is 16.2. The number of H-pyrrole nitrogens is 1. The fourth-order valence-corrected chi connectivity index (χ4v) is 3.17. The fraction of sp³-hybridized carbons (Fsp3) is 0.643. The smallest absolute Gasteiger partial charge is 0.271 e. The Morgan fingerprint density at radius 1 is 1.43 bits per heavy atom. The first-order chi connectivity index (χ1) is 10.1. The van der Waals surface area contributed by atoms with Crippen molar-refractivity contribution in [3.8, 4) is 0 Å². The summed E-state index contributed by atoms with van der Waals surface area (Å²) in [7, 11) is 4.01. The van der Waals surface area contributed by atoms with Gasteiger partial charge in [-0.05, 0) is 14.1 Å². The van der Waals surface area contributed by atoms with Crippen molar-refractivity contribution >= 4 is 11.8 Å². The van der Waals surface area contributed by atoms with Crippen molar-refractivity contribution in [3.05, 3.63) is 18.2 Å². The highest BCUT2D eigenvalue weighted by molar-refractivity contribution is 5.93. The van der Waals surface area contributed by atoms with E-state index in [0.29, 0.717) is 18.8 Å². The molecular formula is C14H21N5O2. The van der Waals surface area contributed by atoms with Gasteiger partial charge in [0, 0.05) is 38.6 Å². The van der Waals surface area contributed by atoms with Crippen molar-refractivity contribution < 1.29 is 9.59 Å². The number of likely N-dealkylation sites (tertiary alicyclic amines) is 2. The molecule has 1 N–H and O–H groups in total. The van der Waals surface area contributed by atoms with E-state index in [0.717, 1.165) is 19.6 Å². The summed E-state index contributed by atoms with van der Waals surface area (Å²) in [6.45, 7) is 3.60. The third-order valence-corrected chi connectivity index (χ3v) is 4.36. The first kappa shape index (κ1) is 14.1. The number of likely N-dealkylation sites (N-methyl/N-ethyl adjacent to an activating group) is 1. The maximum absolute atomic E-state index is 12.4. The molecule has 2 fully saturated rings. The van der Waals surface area contributed by atoms with Crippen LogP contribution in [0.15, 0.2) is 12.5 Å². The van der Waals surface area contributed by atoms with Crippen LogP contribution in [-0.2, 0) is 4.79 Å². The molecule has 0 spiro atoms. The van der Waals surface area contributed by atoms with Crippen molar-refractivity contribution in [2.45, 2.75) is 0 Å².